The van der Waals surface area contributed by atoms with Crippen LogP contribution in [-0.2, 0) is 9.59 Å². The number of carbonyl (C=O) groups is 2. The largest absolute Gasteiger partial charge is 0.481 e. The first-order valence-corrected chi connectivity index (χ1v) is 3.94. The molecule has 2 bridgehead atoms. The average molecular weight is 154 g/mol. The third-order valence-electron chi connectivity index (χ3n) is 2.93. The van der Waals surface area contributed by atoms with Gasteiger partial charge in [0.25, 0.3) is 0 Å². The summed E-state index contributed by atoms with van der Waals surface area (Å²) in [4.78, 5) is 21.6. The molecule has 2 aliphatic carbocycles. The van der Waals surface area contributed by atoms with Crippen molar-refractivity contribution in [3.63, 3.8) is 0 Å². The molecular formula is C8H10O3. The molecule has 3 nitrogen and oxygen atoms in total. The molecule has 0 radical (unpaired) electrons. The molecule has 2 saturated carbocycles. The summed E-state index contributed by atoms with van der Waals surface area (Å²) in [7, 11) is 0. The van der Waals surface area contributed by atoms with Crippen molar-refractivity contribution in [2.75, 3.05) is 0 Å². The highest BCUT2D eigenvalue weighted by molar-refractivity contribution is 5.87. The third kappa shape index (κ3) is 0.870. The van der Waals surface area contributed by atoms with Crippen molar-refractivity contribution < 1.29 is 14.7 Å². The second kappa shape index (κ2) is 2.06. The van der Waals surface area contributed by atoms with Gasteiger partial charge in [-0.25, -0.2) is 0 Å². The number of hydrogen-bond acceptors (Lipinski definition) is 2. The Kier molecular flexibility index (Phi) is 1.28. The van der Waals surface area contributed by atoms with Crippen molar-refractivity contribution in [1.82, 2.24) is 0 Å². The Hall–Kier alpha value is -0.860. The first-order chi connectivity index (χ1) is 5.18. The Morgan fingerprint density at radius 1 is 1.45 bits per heavy atom. The number of rotatable bonds is 1. The minimum Gasteiger partial charge on any atom is -0.481 e. The maximum absolute atomic E-state index is 11.0. The minimum absolute atomic E-state index is 0.0844. The lowest BCUT2D eigenvalue weighted by molar-refractivity contribution is -0.144. The van der Waals surface area contributed by atoms with E-state index in [0.29, 0.717) is 12.8 Å². The molecule has 3 atom stereocenters. The zero-order chi connectivity index (χ0) is 8.01. The summed E-state index contributed by atoms with van der Waals surface area (Å²) in [5.74, 6) is -0.415. The molecule has 2 fully saturated rings. The normalized spacial score (nSPS) is 41.5. The molecule has 0 aromatic carbocycles. The van der Waals surface area contributed by atoms with Gasteiger partial charge < -0.3 is 5.11 Å². The fraction of sp³-hybridized carbons (Fsp3) is 0.750. The topological polar surface area (TPSA) is 54.4 Å². The van der Waals surface area contributed by atoms with Gasteiger partial charge in [0.2, 0.25) is 0 Å². The van der Waals surface area contributed by atoms with E-state index in [4.69, 9.17) is 5.11 Å². The van der Waals surface area contributed by atoms with E-state index >= 15 is 0 Å². The summed E-state index contributed by atoms with van der Waals surface area (Å²) in [6.45, 7) is 0. The van der Waals surface area contributed by atoms with Crippen LogP contribution in [0.4, 0.5) is 0 Å². The van der Waals surface area contributed by atoms with Crippen LogP contribution in [0.1, 0.15) is 19.3 Å². The van der Waals surface area contributed by atoms with Crippen molar-refractivity contribution in [3.05, 3.63) is 0 Å². The van der Waals surface area contributed by atoms with E-state index < -0.39 is 5.97 Å². The smallest absolute Gasteiger partial charge is 0.306 e. The molecule has 0 aromatic rings. The third-order valence-corrected chi connectivity index (χ3v) is 2.93. The molecule has 0 aliphatic heterocycles. The van der Waals surface area contributed by atoms with E-state index in [1.54, 1.807) is 0 Å². The van der Waals surface area contributed by atoms with Crippen molar-refractivity contribution in [2.45, 2.75) is 19.3 Å². The van der Waals surface area contributed by atoms with Crippen LogP contribution in [0, 0.1) is 17.8 Å². The highest BCUT2D eigenvalue weighted by Crippen LogP contribution is 2.46. The SMILES string of the molecule is O=C1CC2CC1CC2C(=O)O. The van der Waals surface area contributed by atoms with Gasteiger partial charge in [0.1, 0.15) is 5.78 Å². The molecule has 0 heterocycles. The minimum atomic E-state index is -0.718. The number of aliphatic carboxylic acids is 1. The van der Waals surface area contributed by atoms with Gasteiger partial charge in [-0.05, 0) is 18.8 Å². The van der Waals surface area contributed by atoms with Gasteiger partial charge in [-0.15, -0.1) is 0 Å². The fourth-order valence-corrected chi connectivity index (χ4v) is 2.34. The monoisotopic (exact) mass is 154 g/mol. The zero-order valence-corrected chi connectivity index (χ0v) is 6.12. The maximum atomic E-state index is 11.0. The predicted octanol–water partition coefficient (Wildman–Crippen LogP) is 0.686. The number of carboxylic acids is 1. The van der Waals surface area contributed by atoms with Crippen LogP contribution in [0.3, 0.4) is 0 Å². The second-order valence-corrected chi connectivity index (χ2v) is 3.54. The van der Waals surface area contributed by atoms with Gasteiger partial charge in [-0.1, -0.05) is 0 Å². The highest BCUT2D eigenvalue weighted by atomic mass is 16.4. The molecule has 0 aromatic heterocycles. The van der Waals surface area contributed by atoms with Crippen LogP contribution in [0.15, 0.2) is 0 Å². The molecule has 3 unspecified atom stereocenters. The lowest BCUT2D eigenvalue weighted by Crippen LogP contribution is -2.23. The van der Waals surface area contributed by atoms with E-state index in [1.807, 2.05) is 0 Å². The number of ketones is 1. The second-order valence-electron chi connectivity index (χ2n) is 3.54. The van der Waals surface area contributed by atoms with E-state index in [2.05, 4.69) is 0 Å². The zero-order valence-electron chi connectivity index (χ0n) is 6.12. The lowest BCUT2D eigenvalue weighted by atomic mass is 9.88. The standard InChI is InChI=1S/C8H10O3/c9-7-3-4-1-5(7)2-6(4)8(10)11/h4-6H,1-3H2,(H,10,11). The Labute approximate surface area is 64.4 Å². The van der Waals surface area contributed by atoms with Gasteiger partial charge in [0.15, 0.2) is 0 Å². The first-order valence-electron chi connectivity index (χ1n) is 3.94. The van der Waals surface area contributed by atoms with E-state index in [0.717, 1.165) is 6.42 Å². The van der Waals surface area contributed by atoms with Gasteiger partial charge in [0.05, 0.1) is 5.92 Å². The van der Waals surface area contributed by atoms with E-state index in [9.17, 15) is 9.59 Å². The molecule has 2 rings (SSSR count). The maximum Gasteiger partial charge on any atom is 0.306 e. The summed E-state index contributed by atoms with van der Waals surface area (Å²) in [6, 6.07) is 0. The van der Waals surface area contributed by atoms with Gasteiger partial charge >= 0.3 is 5.97 Å². The predicted molar refractivity (Wildman–Crippen MR) is 37.0 cm³/mol. The Morgan fingerprint density at radius 2 is 2.18 bits per heavy atom. The summed E-state index contributed by atoms with van der Waals surface area (Å²) in [6.07, 6.45) is 1.94. The quantitative estimate of drug-likeness (QED) is 0.604. The van der Waals surface area contributed by atoms with Crippen LogP contribution in [0.5, 0.6) is 0 Å². The summed E-state index contributed by atoms with van der Waals surface area (Å²) in [5.41, 5.74) is 0. The van der Waals surface area contributed by atoms with Crippen LogP contribution in [-0.4, -0.2) is 16.9 Å². The molecule has 3 heteroatoms. The number of carbonyl (C=O) groups excluding carboxylic acids is 1. The molecule has 0 spiro atoms. The van der Waals surface area contributed by atoms with Crippen LogP contribution in [0.25, 0.3) is 0 Å². The molecular weight excluding hydrogens is 144 g/mol. The molecule has 1 N–H and O–H groups in total. The average Bonchev–Trinajstić information content (AvgIpc) is 2.43. The summed E-state index contributed by atoms with van der Waals surface area (Å²) < 4.78 is 0. The highest BCUT2D eigenvalue weighted by Gasteiger charge is 2.47. The Bertz CT molecular complexity index is 221. The van der Waals surface area contributed by atoms with Gasteiger partial charge in [0, 0.05) is 12.3 Å². The fourth-order valence-electron chi connectivity index (χ4n) is 2.34. The number of hydrogen-bond donors (Lipinski definition) is 1. The van der Waals surface area contributed by atoms with Crippen molar-refractivity contribution in [2.24, 2.45) is 17.8 Å². The first kappa shape index (κ1) is 6.83. The van der Waals surface area contributed by atoms with Gasteiger partial charge in [-0.2, -0.15) is 0 Å². The van der Waals surface area contributed by atoms with Crippen LogP contribution in [0.2, 0.25) is 0 Å². The van der Waals surface area contributed by atoms with Crippen LogP contribution >= 0.6 is 0 Å². The molecule has 60 valence electrons. The number of carboxylic acid groups (broad SMARTS) is 1. The molecule has 0 amide bonds. The molecule has 0 saturated heterocycles. The van der Waals surface area contributed by atoms with E-state index in [1.165, 1.54) is 0 Å². The number of fused-ring (bicyclic) bond motifs is 2. The van der Waals surface area contributed by atoms with Gasteiger partial charge in [-0.3, -0.25) is 9.59 Å². The summed E-state index contributed by atoms with van der Waals surface area (Å²) >= 11 is 0. The Balaban J connectivity index is 2.14. The molecule has 2 aliphatic rings. The van der Waals surface area contributed by atoms with Crippen molar-refractivity contribution in [1.29, 1.82) is 0 Å². The summed E-state index contributed by atoms with van der Waals surface area (Å²) in [5, 5.41) is 8.71. The van der Waals surface area contributed by atoms with E-state index in [-0.39, 0.29) is 23.5 Å². The molecule has 11 heavy (non-hydrogen) atoms. The number of Topliss-reactive ketones (excluding diaryl/α,β-unsaturated/α-hetero) is 1. The lowest BCUT2D eigenvalue weighted by Gasteiger charge is -2.15. The Morgan fingerprint density at radius 3 is 2.55 bits per heavy atom. The van der Waals surface area contributed by atoms with Crippen molar-refractivity contribution in [3.8, 4) is 0 Å². The van der Waals surface area contributed by atoms with Crippen molar-refractivity contribution >= 4 is 11.8 Å². The van der Waals surface area contributed by atoms with Crippen LogP contribution < -0.4 is 0 Å².